The van der Waals surface area contributed by atoms with Gasteiger partial charge in [0.2, 0.25) is 5.88 Å². The smallest absolute Gasteiger partial charge is 0.422 e. The number of amides is 1. The Bertz CT molecular complexity index is 734. The highest BCUT2D eigenvalue weighted by atomic mass is 35.5. The maximum absolute atomic E-state index is 12.1. The second-order valence-corrected chi connectivity index (χ2v) is 6.37. The van der Waals surface area contributed by atoms with Gasteiger partial charge in [0.1, 0.15) is 5.02 Å². The molecule has 0 atom stereocenters. The summed E-state index contributed by atoms with van der Waals surface area (Å²) in [4.78, 5) is 20.0. The molecule has 1 N–H and O–H groups in total. The Hall–Kier alpha value is -1.87. The fourth-order valence-corrected chi connectivity index (χ4v) is 2.67. The summed E-state index contributed by atoms with van der Waals surface area (Å²) in [5.41, 5.74) is 0.933. The van der Waals surface area contributed by atoms with Crippen molar-refractivity contribution in [2.75, 3.05) is 11.9 Å². The minimum Gasteiger partial charge on any atom is -0.467 e. The number of hydrogen-bond donors (Lipinski definition) is 1. The molecule has 0 fully saturated rings. The average molecular weight is 380 g/mol. The third-order valence-corrected chi connectivity index (χ3v) is 3.82. The molecule has 0 radical (unpaired) electrons. The summed E-state index contributed by atoms with van der Waals surface area (Å²) in [6.45, 7) is 2.44. The number of nitrogens with zero attached hydrogens (tertiary/aromatic N) is 2. The van der Waals surface area contributed by atoms with Crippen molar-refractivity contribution in [2.45, 2.75) is 25.9 Å². The minimum atomic E-state index is -4.50. The van der Waals surface area contributed by atoms with Crippen LogP contribution in [0.4, 0.5) is 18.3 Å². The standard InChI is InChI=1S/C14H13ClF3N3O2S/c1-7(2)10-5-24-13(20-10)21-11(22)8-3-9(15)12(19-4-8)23-6-14(16,17)18/h3-5,7H,6H2,1-2H3,(H,20,21,22). The highest BCUT2D eigenvalue weighted by molar-refractivity contribution is 7.14. The topological polar surface area (TPSA) is 64.1 Å². The van der Waals surface area contributed by atoms with Gasteiger partial charge in [-0.15, -0.1) is 11.3 Å². The molecule has 0 aliphatic carbocycles. The Morgan fingerprint density at radius 1 is 1.46 bits per heavy atom. The largest absolute Gasteiger partial charge is 0.467 e. The molecular formula is C14H13ClF3N3O2S. The van der Waals surface area contributed by atoms with Gasteiger partial charge in [-0.25, -0.2) is 9.97 Å². The summed E-state index contributed by atoms with van der Waals surface area (Å²) < 4.78 is 40.8. The summed E-state index contributed by atoms with van der Waals surface area (Å²) in [6.07, 6.45) is -3.41. The van der Waals surface area contributed by atoms with Gasteiger partial charge in [0.25, 0.3) is 5.91 Å². The number of hydrogen-bond acceptors (Lipinski definition) is 5. The van der Waals surface area contributed by atoms with Gasteiger partial charge in [-0.3, -0.25) is 10.1 Å². The van der Waals surface area contributed by atoms with Gasteiger partial charge < -0.3 is 4.74 Å². The summed E-state index contributed by atoms with van der Waals surface area (Å²) >= 11 is 7.08. The molecule has 2 aromatic heterocycles. The Morgan fingerprint density at radius 3 is 2.71 bits per heavy atom. The zero-order chi connectivity index (χ0) is 17.9. The van der Waals surface area contributed by atoms with Crippen LogP contribution in [-0.2, 0) is 0 Å². The SMILES string of the molecule is CC(C)c1csc(NC(=O)c2cnc(OCC(F)(F)F)c(Cl)c2)n1. The van der Waals surface area contributed by atoms with Gasteiger partial charge in [-0.2, -0.15) is 13.2 Å². The van der Waals surface area contributed by atoms with Crippen LogP contribution >= 0.6 is 22.9 Å². The molecule has 2 rings (SSSR count). The Morgan fingerprint density at radius 2 is 2.17 bits per heavy atom. The van der Waals surface area contributed by atoms with E-state index in [0.29, 0.717) is 5.13 Å². The molecule has 0 aliphatic heterocycles. The van der Waals surface area contributed by atoms with E-state index in [1.165, 1.54) is 17.4 Å². The van der Waals surface area contributed by atoms with Crippen molar-refractivity contribution < 1.29 is 22.7 Å². The average Bonchev–Trinajstić information content (AvgIpc) is 2.93. The lowest BCUT2D eigenvalue weighted by atomic mass is 10.2. The van der Waals surface area contributed by atoms with Crippen molar-refractivity contribution in [1.82, 2.24) is 9.97 Å². The highest BCUT2D eigenvalue weighted by Crippen LogP contribution is 2.26. The second kappa shape index (κ2) is 7.35. The van der Waals surface area contributed by atoms with Crippen LogP contribution in [0, 0.1) is 0 Å². The van der Waals surface area contributed by atoms with Gasteiger partial charge in [0, 0.05) is 11.6 Å². The number of aromatic nitrogens is 2. The van der Waals surface area contributed by atoms with Crippen molar-refractivity contribution in [3.8, 4) is 5.88 Å². The summed E-state index contributed by atoms with van der Waals surface area (Å²) in [7, 11) is 0. The molecule has 0 aromatic carbocycles. The number of pyridine rings is 1. The molecule has 5 nitrogen and oxygen atoms in total. The summed E-state index contributed by atoms with van der Waals surface area (Å²) in [5.74, 6) is -0.675. The first-order valence-corrected chi connectivity index (χ1v) is 8.03. The number of ether oxygens (including phenoxy) is 1. The van der Waals surface area contributed by atoms with Gasteiger partial charge >= 0.3 is 6.18 Å². The van der Waals surface area contributed by atoms with Crippen molar-refractivity contribution in [1.29, 1.82) is 0 Å². The zero-order valence-corrected chi connectivity index (χ0v) is 14.2. The van der Waals surface area contributed by atoms with Gasteiger partial charge in [-0.05, 0) is 12.0 Å². The van der Waals surface area contributed by atoms with E-state index in [1.807, 2.05) is 19.2 Å². The van der Waals surface area contributed by atoms with Crippen LogP contribution in [0.15, 0.2) is 17.6 Å². The molecule has 130 valence electrons. The van der Waals surface area contributed by atoms with Crippen LogP contribution in [-0.4, -0.2) is 28.7 Å². The zero-order valence-electron chi connectivity index (χ0n) is 12.6. The lowest BCUT2D eigenvalue weighted by Crippen LogP contribution is -2.20. The molecule has 0 spiro atoms. The maximum Gasteiger partial charge on any atom is 0.422 e. The van der Waals surface area contributed by atoms with Crippen molar-refractivity contribution in [3.63, 3.8) is 0 Å². The Labute approximate surface area is 144 Å². The second-order valence-electron chi connectivity index (χ2n) is 5.10. The molecule has 0 unspecified atom stereocenters. The van der Waals surface area contributed by atoms with Gasteiger partial charge in [-0.1, -0.05) is 25.4 Å². The monoisotopic (exact) mass is 379 g/mol. The molecule has 24 heavy (non-hydrogen) atoms. The van der Waals surface area contributed by atoms with Crippen molar-refractivity contribution >= 4 is 34.0 Å². The number of nitrogens with one attached hydrogen (secondary N) is 1. The fourth-order valence-electron chi connectivity index (χ4n) is 1.58. The Balaban J connectivity index is 2.05. The van der Waals surface area contributed by atoms with E-state index in [0.717, 1.165) is 11.9 Å². The van der Waals surface area contributed by atoms with E-state index in [1.54, 1.807) is 0 Å². The lowest BCUT2D eigenvalue weighted by molar-refractivity contribution is -0.154. The van der Waals surface area contributed by atoms with Crippen LogP contribution in [0.25, 0.3) is 0 Å². The molecule has 0 aliphatic rings. The first-order chi connectivity index (χ1) is 11.2. The van der Waals surface area contributed by atoms with E-state index < -0.39 is 18.7 Å². The first kappa shape index (κ1) is 18.5. The maximum atomic E-state index is 12.1. The molecule has 0 saturated heterocycles. The van der Waals surface area contributed by atoms with Crippen molar-refractivity contribution in [2.24, 2.45) is 0 Å². The fraction of sp³-hybridized carbons (Fsp3) is 0.357. The molecule has 2 heterocycles. The minimum absolute atomic E-state index is 0.0839. The molecule has 2 aromatic rings. The third-order valence-electron chi connectivity index (χ3n) is 2.78. The molecule has 10 heteroatoms. The van der Waals surface area contributed by atoms with Crippen LogP contribution in [0.3, 0.4) is 0 Å². The third kappa shape index (κ3) is 5.07. The van der Waals surface area contributed by atoms with E-state index in [-0.39, 0.29) is 22.4 Å². The van der Waals surface area contributed by atoms with Crippen LogP contribution < -0.4 is 10.1 Å². The summed E-state index contributed by atoms with van der Waals surface area (Å²) in [5, 5.41) is 4.65. The van der Waals surface area contributed by atoms with Crippen LogP contribution in [0.1, 0.15) is 35.8 Å². The normalized spacial score (nSPS) is 11.6. The van der Waals surface area contributed by atoms with Gasteiger partial charge in [0.15, 0.2) is 11.7 Å². The van der Waals surface area contributed by atoms with Gasteiger partial charge in [0.05, 0.1) is 11.3 Å². The molecule has 1 amide bonds. The number of carbonyl (C=O) groups is 1. The highest BCUT2D eigenvalue weighted by Gasteiger charge is 2.29. The number of alkyl halides is 3. The Kier molecular flexibility index (Phi) is 5.66. The first-order valence-electron chi connectivity index (χ1n) is 6.77. The van der Waals surface area contributed by atoms with E-state index in [9.17, 15) is 18.0 Å². The lowest BCUT2D eigenvalue weighted by Gasteiger charge is -2.10. The summed E-state index contributed by atoms with van der Waals surface area (Å²) in [6, 6.07) is 1.19. The van der Waals surface area contributed by atoms with E-state index in [2.05, 4.69) is 20.0 Å². The van der Waals surface area contributed by atoms with Crippen LogP contribution in [0.5, 0.6) is 5.88 Å². The number of rotatable bonds is 5. The predicted molar refractivity (Wildman–Crippen MR) is 85.0 cm³/mol. The quantitative estimate of drug-likeness (QED) is 0.830. The number of anilines is 1. The van der Waals surface area contributed by atoms with E-state index >= 15 is 0 Å². The number of carbonyl (C=O) groups excluding carboxylic acids is 1. The predicted octanol–water partition coefficient (Wildman–Crippen LogP) is 4.51. The van der Waals surface area contributed by atoms with Crippen molar-refractivity contribution in [3.05, 3.63) is 33.9 Å². The molecule has 0 saturated carbocycles. The van der Waals surface area contributed by atoms with Crippen LogP contribution in [0.2, 0.25) is 5.02 Å². The number of halogens is 4. The van der Waals surface area contributed by atoms with E-state index in [4.69, 9.17) is 11.6 Å². The molecule has 0 bridgehead atoms. The number of thiazole rings is 1. The molecular weight excluding hydrogens is 367 g/mol.